The third kappa shape index (κ3) is 3.50. The van der Waals surface area contributed by atoms with E-state index in [1.54, 1.807) is 25.6 Å². The molecule has 3 aromatic heterocycles. The molecule has 0 amide bonds. The summed E-state index contributed by atoms with van der Waals surface area (Å²) < 4.78 is 13.1. The molecule has 5 rings (SSSR count). The van der Waals surface area contributed by atoms with Crippen LogP contribution in [0.1, 0.15) is 40.1 Å². The molecule has 0 spiro atoms. The molecule has 1 unspecified atom stereocenters. The van der Waals surface area contributed by atoms with Crippen molar-refractivity contribution in [2.75, 3.05) is 19.5 Å². The Morgan fingerprint density at radius 3 is 2.55 bits per heavy atom. The Balaban J connectivity index is 1.67. The van der Waals surface area contributed by atoms with Gasteiger partial charge in [0.1, 0.15) is 39.8 Å². The number of fused-ring (bicyclic) bond motifs is 3. The zero-order valence-corrected chi connectivity index (χ0v) is 18.9. The Labute approximate surface area is 185 Å². The highest BCUT2D eigenvalue weighted by atomic mass is 32.1. The molecule has 0 aliphatic heterocycles. The molecule has 0 fully saturated rings. The zero-order chi connectivity index (χ0) is 21.5. The Morgan fingerprint density at radius 1 is 1.10 bits per heavy atom. The fraction of sp³-hybridized carbons (Fsp3) is 0.348. The SMILES string of the molecule is COc1cc(OC)cc(C(Nc2nc(C)nc3sc4c(c23)CCC4)c2nccn2C)c1. The highest BCUT2D eigenvalue weighted by molar-refractivity contribution is 7.19. The van der Waals surface area contributed by atoms with Gasteiger partial charge in [0.25, 0.3) is 0 Å². The lowest BCUT2D eigenvalue weighted by atomic mass is 10.0. The first kappa shape index (κ1) is 19.8. The van der Waals surface area contributed by atoms with Gasteiger partial charge in [-0.25, -0.2) is 15.0 Å². The topological polar surface area (TPSA) is 74.1 Å². The van der Waals surface area contributed by atoms with Gasteiger partial charge in [0.2, 0.25) is 0 Å². The van der Waals surface area contributed by atoms with Gasteiger partial charge in [0, 0.05) is 30.4 Å². The molecule has 0 saturated heterocycles. The van der Waals surface area contributed by atoms with E-state index in [1.165, 1.54) is 16.9 Å². The number of hydrogen-bond donors (Lipinski definition) is 1. The predicted octanol–water partition coefficient (Wildman–Crippen LogP) is 4.44. The van der Waals surface area contributed by atoms with E-state index in [4.69, 9.17) is 19.4 Å². The number of imidazole rings is 1. The number of hydrogen-bond acceptors (Lipinski definition) is 7. The molecule has 1 N–H and O–H groups in total. The molecular weight excluding hydrogens is 410 g/mol. The van der Waals surface area contributed by atoms with Crippen LogP contribution < -0.4 is 14.8 Å². The van der Waals surface area contributed by atoms with Gasteiger partial charge in [-0.1, -0.05) is 0 Å². The van der Waals surface area contributed by atoms with Gasteiger partial charge < -0.3 is 19.4 Å². The van der Waals surface area contributed by atoms with Gasteiger partial charge in [0.15, 0.2) is 0 Å². The lowest BCUT2D eigenvalue weighted by Gasteiger charge is -2.22. The molecular formula is C23H25N5O2S. The molecule has 4 aromatic rings. The summed E-state index contributed by atoms with van der Waals surface area (Å²) in [7, 11) is 5.32. The highest BCUT2D eigenvalue weighted by Crippen LogP contribution is 2.41. The van der Waals surface area contributed by atoms with Crippen LogP contribution in [0.5, 0.6) is 11.5 Å². The van der Waals surface area contributed by atoms with E-state index in [-0.39, 0.29) is 6.04 Å². The number of anilines is 1. The Hall–Kier alpha value is -3.13. The minimum atomic E-state index is -0.238. The fourth-order valence-corrected chi connectivity index (χ4v) is 5.60. The lowest BCUT2D eigenvalue weighted by Crippen LogP contribution is -2.18. The monoisotopic (exact) mass is 435 g/mol. The molecule has 1 aliphatic rings. The van der Waals surface area contributed by atoms with E-state index in [1.807, 2.05) is 49.1 Å². The van der Waals surface area contributed by atoms with Crippen molar-refractivity contribution in [1.82, 2.24) is 19.5 Å². The van der Waals surface area contributed by atoms with Crippen LogP contribution in [-0.4, -0.2) is 33.7 Å². The van der Waals surface area contributed by atoms with Gasteiger partial charge in [-0.3, -0.25) is 0 Å². The van der Waals surface area contributed by atoms with Crippen molar-refractivity contribution >= 4 is 27.4 Å². The van der Waals surface area contributed by atoms with Crippen LogP contribution in [0.3, 0.4) is 0 Å². The number of rotatable bonds is 6. The van der Waals surface area contributed by atoms with E-state index < -0.39 is 0 Å². The molecule has 160 valence electrons. The summed E-state index contributed by atoms with van der Waals surface area (Å²) in [6.45, 7) is 1.94. The Kier molecular flexibility index (Phi) is 5.02. The summed E-state index contributed by atoms with van der Waals surface area (Å²) >= 11 is 1.80. The van der Waals surface area contributed by atoms with Gasteiger partial charge in [-0.2, -0.15) is 0 Å². The van der Waals surface area contributed by atoms with E-state index >= 15 is 0 Å². The molecule has 1 aromatic carbocycles. The third-order valence-corrected chi connectivity index (χ3v) is 6.97. The van der Waals surface area contributed by atoms with Crippen LogP contribution >= 0.6 is 11.3 Å². The van der Waals surface area contributed by atoms with Gasteiger partial charge in [-0.15, -0.1) is 11.3 Å². The summed E-state index contributed by atoms with van der Waals surface area (Å²) in [4.78, 5) is 16.7. The largest absolute Gasteiger partial charge is 0.497 e. The maximum Gasteiger partial charge on any atom is 0.139 e. The van der Waals surface area contributed by atoms with Crippen molar-refractivity contribution < 1.29 is 9.47 Å². The molecule has 1 aliphatic carbocycles. The lowest BCUT2D eigenvalue weighted by molar-refractivity contribution is 0.393. The summed E-state index contributed by atoms with van der Waals surface area (Å²) in [5.74, 6) is 3.96. The standard InChI is InChI=1S/C23H25N5O2S/c1-13-25-21(19-17-6-5-7-18(17)31-23(19)26-13)27-20(22-24-8-9-28(22)2)14-10-15(29-3)12-16(11-14)30-4/h8-12,20H,5-7H2,1-4H3,(H,25,26,27). The minimum Gasteiger partial charge on any atom is -0.497 e. The Bertz CT molecular complexity index is 1240. The van der Waals surface area contributed by atoms with Gasteiger partial charge in [0.05, 0.1) is 19.6 Å². The zero-order valence-electron chi connectivity index (χ0n) is 18.1. The Morgan fingerprint density at radius 2 is 1.87 bits per heavy atom. The molecule has 0 bridgehead atoms. The van der Waals surface area contributed by atoms with Crippen molar-refractivity contribution in [2.24, 2.45) is 7.05 Å². The summed E-state index contributed by atoms with van der Waals surface area (Å²) in [5, 5.41) is 4.85. The normalized spacial score (nSPS) is 13.9. The van der Waals surface area contributed by atoms with E-state index in [0.29, 0.717) is 0 Å². The van der Waals surface area contributed by atoms with E-state index in [0.717, 1.165) is 57.6 Å². The number of aryl methyl sites for hydroxylation is 4. The summed E-state index contributed by atoms with van der Waals surface area (Å²) in [6.07, 6.45) is 7.16. The average molecular weight is 436 g/mol. The average Bonchev–Trinajstić information content (AvgIpc) is 3.47. The van der Waals surface area contributed by atoms with Crippen molar-refractivity contribution in [2.45, 2.75) is 32.2 Å². The first-order valence-corrected chi connectivity index (χ1v) is 11.1. The van der Waals surface area contributed by atoms with Crippen molar-refractivity contribution in [1.29, 1.82) is 0 Å². The van der Waals surface area contributed by atoms with Crippen LogP contribution in [0.4, 0.5) is 5.82 Å². The van der Waals surface area contributed by atoms with E-state index in [9.17, 15) is 0 Å². The molecule has 0 saturated carbocycles. The van der Waals surface area contributed by atoms with Crippen molar-refractivity contribution in [3.8, 4) is 11.5 Å². The maximum absolute atomic E-state index is 5.52. The van der Waals surface area contributed by atoms with Crippen LogP contribution in [0.2, 0.25) is 0 Å². The highest BCUT2D eigenvalue weighted by Gasteiger charge is 2.26. The smallest absolute Gasteiger partial charge is 0.139 e. The predicted molar refractivity (Wildman–Crippen MR) is 122 cm³/mol. The number of nitrogens with zero attached hydrogens (tertiary/aromatic N) is 4. The molecule has 31 heavy (non-hydrogen) atoms. The minimum absolute atomic E-state index is 0.238. The molecule has 0 radical (unpaired) electrons. The number of benzene rings is 1. The summed E-state index contributed by atoms with van der Waals surface area (Å²) in [5.41, 5.74) is 2.38. The number of thiophene rings is 1. The van der Waals surface area contributed by atoms with Gasteiger partial charge >= 0.3 is 0 Å². The quantitative estimate of drug-likeness (QED) is 0.483. The number of ether oxygens (including phenoxy) is 2. The van der Waals surface area contributed by atoms with Crippen LogP contribution in [-0.2, 0) is 19.9 Å². The second-order valence-corrected chi connectivity index (χ2v) is 8.86. The fourth-order valence-electron chi connectivity index (χ4n) is 4.29. The number of methoxy groups -OCH3 is 2. The molecule has 8 heteroatoms. The number of nitrogens with one attached hydrogen (secondary N) is 1. The second-order valence-electron chi connectivity index (χ2n) is 7.78. The first-order valence-electron chi connectivity index (χ1n) is 10.3. The molecule has 7 nitrogen and oxygen atoms in total. The maximum atomic E-state index is 5.52. The van der Waals surface area contributed by atoms with Crippen LogP contribution in [0.25, 0.3) is 10.2 Å². The van der Waals surface area contributed by atoms with Crippen molar-refractivity contribution in [3.63, 3.8) is 0 Å². The number of aromatic nitrogens is 4. The molecule has 3 heterocycles. The second kappa shape index (κ2) is 7.85. The molecule has 1 atom stereocenters. The van der Waals surface area contributed by atoms with E-state index in [2.05, 4.69) is 10.3 Å². The van der Waals surface area contributed by atoms with Crippen molar-refractivity contribution in [3.05, 3.63) is 58.2 Å². The third-order valence-electron chi connectivity index (χ3n) is 5.78. The van der Waals surface area contributed by atoms with Crippen LogP contribution in [0.15, 0.2) is 30.6 Å². The van der Waals surface area contributed by atoms with Gasteiger partial charge in [-0.05, 0) is 49.4 Å². The van der Waals surface area contributed by atoms with Crippen LogP contribution in [0, 0.1) is 6.92 Å². The summed E-state index contributed by atoms with van der Waals surface area (Å²) in [6, 6.07) is 5.66. The first-order chi connectivity index (χ1) is 15.1.